The molecule has 1 aliphatic rings. The zero-order valence-electron chi connectivity index (χ0n) is 17.0. The summed E-state index contributed by atoms with van der Waals surface area (Å²) in [5, 5.41) is 0. The summed E-state index contributed by atoms with van der Waals surface area (Å²) >= 11 is 0. The van der Waals surface area contributed by atoms with Gasteiger partial charge in [-0.2, -0.15) is 0 Å². The fraction of sp³-hybridized carbons (Fsp3) is 0.636. The van der Waals surface area contributed by atoms with E-state index in [1.807, 2.05) is 6.92 Å². The lowest BCUT2D eigenvalue weighted by atomic mass is 9.87. The van der Waals surface area contributed by atoms with Crippen molar-refractivity contribution in [2.45, 2.75) is 52.4 Å². The third kappa shape index (κ3) is 6.91. The molecule has 2 rings (SSSR count). The quantitative estimate of drug-likeness (QED) is 0.411. The molecule has 0 spiro atoms. The van der Waals surface area contributed by atoms with Gasteiger partial charge in [0, 0.05) is 0 Å². The van der Waals surface area contributed by atoms with Gasteiger partial charge in [0.2, 0.25) is 0 Å². The topological polar surface area (TPSA) is 71.1 Å². The van der Waals surface area contributed by atoms with Crippen molar-refractivity contribution in [1.29, 1.82) is 0 Å². The van der Waals surface area contributed by atoms with Crippen LogP contribution in [0.2, 0.25) is 0 Å². The molecule has 0 atom stereocenters. The first-order chi connectivity index (χ1) is 13.6. The van der Waals surface area contributed by atoms with Gasteiger partial charge in [-0.25, -0.2) is 9.59 Å². The molecule has 0 N–H and O–H groups in total. The van der Waals surface area contributed by atoms with Gasteiger partial charge in [0.15, 0.2) is 0 Å². The van der Waals surface area contributed by atoms with Gasteiger partial charge in [-0.05, 0) is 37.1 Å². The van der Waals surface area contributed by atoms with Gasteiger partial charge >= 0.3 is 11.9 Å². The van der Waals surface area contributed by atoms with Crippen molar-refractivity contribution in [3.8, 4) is 0 Å². The Morgan fingerprint density at radius 1 is 0.893 bits per heavy atom. The molecule has 0 unspecified atom stereocenters. The molecule has 1 heterocycles. The standard InChI is InChI=1S/C22H32O6/c1-3-5-6-7-8-13-27-20(23)18-9-11-19(12-10-18)21(24)28-16-22(4-2)14-25-17-26-15-22/h9-12H,3-8,13-17H2,1-2H3. The Labute approximate surface area is 167 Å². The molecular weight excluding hydrogens is 360 g/mol. The Balaban J connectivity index is 1.77. The Kier molecular flexibility index (Phi) is 9.44. The summed E-state index contributed by atoms with van der Waals surface area (Å²) in [4.78, 5) is 24.4. The monoisotopic (exact) mass is 392 g/mol. The smallest absolute Gasteiger partial charge is 0.338 e. The van der Waals surface area contributed by atoms with E-state index in [9.17, 15) is 9.59 Å². The number of carbonyl (C=O) groups excluding carboxylic acids is 2. The number of esters is 2. The number of rotatable bonds is 11. The highest BCUT2D eigenvalue weighted by molar-refractivity contribution is 5.93. The van der Waals surface area contributed by atoms with Crippen LogP contribution in [0.5, 0.6) is 0 Å². The average Bonchev–Trinajstić information content (AvgIpc) is 2.75. The molecule has 1 aliphatic heterocycles. The van der Waals surface area contributed by atoms with E-state index in [1.165, 1.54) is 19.3 Å². The van der Waals surface area contributed by atoms with Gasteiger partial charge in [-0.3, -0.25) is 0 Å². The third-order valence-electron chi connectivity index (χ3n) is 5.08. The van der Waals surface area contributed by atoms with Crippen molar-refractivity contribution in [3.63, 3.8) is 0 Å². The summed E-state index contributed by atoms with van der Waals surface area (Å²) in [6.07, 6.45) is 6.32. The van der Waals surface area contributed by atoms with Crippen molar-refractivity contribution in [3.05, 3.63) is 35.4 Å². The Hall–Kier alpha value is -1.92. The van der Waals surface area contributed by atoms with E-state index in [-0.39, 0.29) is 24.8 Å². The summed E-state index contributed by atoms with van der Waals surface area (Å²) in [6, 6.07) is 6.37. The van der Waals surface area contributed by atoms with Crippen LogP contribution < -0.4 is 0 Å². The van der Waals surface area contributed by atoms with Crippen LogP contribution in [-0.4, -0.2) is 45.2 Å². The first kappa shape index (κ1) is 22.4. The lowest BCUT2D eigenvalue weighted by molar-refractivity contribution is -0.177. The summed E-state index contributed by atoms with van der Waals surface area (Å²) in [5.74, 6) is -0.786. The predicted octanol–water partition coefficient (Wildman–Crippen LogP) is 4.37. The van der Waals surface area contributed by atoms with Crippen LogP contribution in [-0.2, 0) is 18.9 Å². The molecule has 0 saturated carbocycles. The van der Waals surface area contributed by atoms with Gasteiger partial charge in [0.1, 0.15) is 13.4 Å². The second kappa shape index (κ2) is 11.8. The van der Waals surface area contributed by atoms with E-state index in [2.05, 4.69) is 6.92 Å². The summed E-state index contributed by atoms with van der Waals surface area (Å²) in [7, 11) is 0. The van der Waals surface area contributed by atoms with Gasteiger partial charge < -0.3 is 18.9 Å². The number of ether oxygens (including phenoxy) is 4. The van der Waals surface area contributed by atoms with Crippen LogP contribution in [0, 0.1) is 5.41 Å². The molecule has 0 radical (unpaired) electrons. The van der Waals surface area contributed by atoms with Crippen LogP contribution in [0.1, 0.15) is 73.1 Å². The molecule has 28 heavy (non-hydrogen) atoms. The fourth-order valence-corrected chi connectivity index (χ4v) is 3.00. The van der Waals surface area contributed by atoms with Crippen LogP contribution >= 0.6 is 0 Å². The molecule has 156 valence electrons. The number of carbonyl (C=O) groups is 2. The van der Waals surface area contributed by atoms with Crippen LogP contribution in [0.15, 0.2) is 24.3 Å². The molecule has 0 aliphatic carbocycles. The Bertz CT molecular complexity index is 604. The third-order valence-corrected chi connectivity index (χ3v) is 5.08. The lowest BCUT2D eigenvalue weighted by Crippen LogP contribution is -2.41. The molecule has 1 fully saturated rings. The van der Waals surface area contributed by atoms with E-state index >= 15 is 0 Å². The number of benzene rings is 1. The number of hydrogen-bond acceptors (Lipinski definition) is 6. The van der Waals surface area contributed by atoms with Crippen LogP contribution in [0.3, 0.4) is 0 Å². The first-order valence-electron chi connectivity index (χ1n) is 10.2. The highest BCUT2D eigenvalue weighted by Gasteiger charge is 2.33. The predicted molar refractivity (Wildman–Crippen MR) is 105 cm³/mol. The minimum Gasteiger partial charge on any atom is -0.462 e. The van der Waals surface area contributed by atoms with E-state index in [4.69, 9.17) is 18.9 Å². The van der Waals surface area contributed by atoms with E-state index in [1.54, 1.807) is 24.3 Å². The molecule has 0 amide bonds. The highest BCUT2D eigenvalue weighted by atomic mass is 16.7. The Morgan fingerprint density at radius 2 is 1.46 bits per heavy atom. The summed E-state index contributed by atoms with van der Waals surface area (Å²) in [5.41, 5.74) is 0.540. The number of unbranched alkanes of at least 4 members (excludes halogenated alkanes) is 4. The second-order valence-corrected chi connectivity index (χ2v) is 7.37. The maximum atomic E-state index is 12.3. The minimum atomic E-state index is -0.422. The molecule has 1 aromatic carbocycles. The van der Waals surface area contributed by atoms with Crippen molar-refractivity contribution in [2.24, 2.45) is 5.41 Å². The van der Waals surface area contributed by atoms with Crippen molar-refractivity contribution in [1.82, 2.24) is 0 Å². The zero-order chi connectivity index (χ0) is 20.2. The second-order valence-electron chi connectivity index (χ2n) is 7.37. The van der Waals surface area contributed by atoms with Crippen molar-refractivity contribution < 1.29 is 28.5 Å². The molecule has 1 saturated heterocycles. The molecule has 0 aromatic heterocycles. The van der Waals surface area contributed by atoms with E-state index in [0.29, 0.717) is 30.9 Å². The van der Waals surface area contributed by atoms with E-state index in [0.717, 1.165) is 19.3 Å². The van der Waals surface area contributed by atoms with Gasteiger partial charge in [-0.1, -0.05) is 39.5 Å². The van der Waals surface area contributed by atoms with Gasteiger partial charge in [0.25, 0.3) is 0 Å². The Morgan fingerprint density at radius 3 is 2.04 bits per heavy atom. The summed E-state index contributed by atoms with van der Waals surface area (Å²) < 4.78 is 21.4. The largest absolute Gasteiger partial charge is 0.462 e. The molecule has 0 bridgehead atoms. The fourth-order valence-electron chi connectivity index (χ4n) is 3.00. The number of hydrogen-bond donors (Lipinski definition) is 0. The minimum absolute atomic E-state index is 0.240. The van der Waals surface area contributed by atoms with Crippen LogP contribution in [0.25, 0.3) is 0 Å². The SMILES string of the molecule is CCCCCCCOC(=O)c1ccc(C(=O)OCC2(CC)COCOC2)cc1. The molecule has 6 heteroatoms. The van der Waals surface area contributed by atoms with Crippen molar-refractivity contribution >= 4 is 11.9 Å². The van der Waals surface area contributed by atoms with Gasteiger partial charge in [-0.15, -0.1) is 0 Å². The van der Waals surface area contributed by atoms with Crippen molar-refractivity contribution in [2.75, 3.05) is 33.2 Å². The maximum Gasteiger partial charge on any atom is 0.338 e. The average molecular weight is 392 g/mol. The highest BCUT2D eigenvalue weighted by Crippen LogP contribution is 2.27. The zero-order valence-corrected chi connectivity index (χ0v) is 17.0. The molecular formula is C22H32O6. The maximum absolute atomic E-state index is 12.3. The normalized spacial score (nSPS) is 15.8. The molecule has 6 nitrogen and oxygen atoms in total. The lowest BCUT2D eigenvalue weighted by Gasteiger charge is -2.35. The summed E-state index contributed by atoms with van der Waals surface area (Å²) in [6.45, 7) is 6.17. The van der Waals surface area contributed by atoms with Gasteiger partial charge in [0.05, 0.1) is 36.4 Å². The first-order valence-corrected chi connectivity index (χ1v) is 10.2. The van der Waals surface area contributed by atoms with E-state index < -0.39 is 5.97 Å². The molecule has 1 aromatic rings. The van der Waals surface area contributed by atoms with Crippen LogP contribution in [0.4, 0.5) is 0 Å².